The number of carbonyl (C=O) groups is 2. The summed E-state index contributed by atoms with van der Waals surface area (Å²) in [5.74, 6) is 0. The lowest BCUT2D eigenvalue weighted by Gasteiger charge is -2.21. The van der Waals surface area contributed by atoms with E-state index in [0.717, 1.165) is 0 Å². The average molecular weight is 343 g/mol. The molecule has 0 fully saturated rings. The van der Waals surface area contributed by atoms with Crippen molar-refractivity contribution in [2.75, 3.05) is 13.1 Å². The third kappa shape index (κ3) is 13.5. The van der Waals surface area contributed by atoms with Crippen LogP contribution in [0.1, 0.15) is 54.4 Å². The summed E-state index contributed by atoms with van der Waals surface area (Å²) in [7, 11) is 0. The topological polar surface area (TPSA) is 125 Å². The number of rotatable bonds is 7. The van der Waals surface area contributed by atoms with E-state index in [1.54, 1.807) is 41.5 Å². The molecular weight excluding hydrogens is 314 g/mol. The Labute approximate surface area is 143 Å². The van der Waals surface area contributed by atoms with E-state index in [1.807, 2.05) is 0 Å². The Morgan fingerprint density at radius 1 is 0.958 bits per heavy atom. The lowest BCUT2D eigenvalue weighted by atomic mass is 10.1. The molecule has 2 amide bonds. The minimum atomic E-state index is -0.564. The van der Waals surface area contributed by atoms with Crippen LogP contribution in [0.5, 0.6) is 0 Å². The second-order valence-corrected chi connectivity index (χ2v) is 7.29. The van der Waals surface area contributed by atoms with Gasteiger partial charge < -0.3 is 20.1 Å². The zero-order valence-corrected chi connectivity index (χ0v) is 15.4. The first-order chi connectivity index (χ1) is 10.9. The molecule has 138 valence electrons. The monoisotopic (exact) mass is 343 g/mol. The Kier molecular flexibility index (Phi) is 8.99. The molecule has 0 spiro atoms. The smallest absolute Gasteiger partial charge is 0.407 e. The average Bonchev–Trinajstić information content (AvgIpc) is 2.34. The van der Waals surface area contributed by atoms with Crippen LogP contribution in [0.4, 0.5) is 9.59 Å². The highest BCUT2D eigenvalue weighted by Gasteiger charge is 2.17. The normalized spacial score (nSPS) is 11.5. The van der Waals surface area contributed by atoms with Gasteiger partial charge in [0.15, 0.2) is 0 Å². The number of nitrogens with zero attached hydrogens (tertiary/aromatic N) is 3. The molecule has 24 heavy (non-hydrogen) atoms. The van der Waals surface area contributed by atoms with Crippen LogP contribution in [0, 0.1) is 0 Å². The van der Waals surface area contributed by atoms with Gasteiger partial charge in [-0.1, -0.05) is 5.11 Å². The number of alkyl carbamates (subject to hydrolysis) is 2. The summed E-state index contributed by atoms with van der Waals surface area (Å²) in [6.45, 7) is 11.3. The molecule has 0 aliphatic carbocycles. The van der Waals surface area contributed by atoms with Crippen molar-refractivity contribution in [3.63, 3.8) is 0 Å². The third-order valence-corrected chi connectivity index (χ3v) is 2.51. The molecule has 0 radical (unpaired) electrons. The fraction of sp³-hybridized carbons (Fsp3) is 0.867. The number of amides is 2. The van der Waals surface area contributed by atoms with E-state index < -0.39 is 23.4 Å². The highest BCUT2D eigenvalue weighted by Crippen LogP contribution is 2.08. The van der Waals surface area contributed by atoms with Gasteiger partial charge in [0.05, 0.1) is 0 Å². The molecule has 0 aliphatic rings. The fourth-order valence-electron chi connectivity index (χ4n) is 1.64. The fourth-order valence-corrected chi connectivity index (χ4v) is 1.64. The molecule has 0 aromatic rings. The van der Waals surface area contributed by atoms with Crippen LogP contribution in [-0.2, 0) is 9.47 Å². The van der Waals surface area contributed by atoms with E-state index in [9.17, 15) is 9.59 Å². The third-order valence-electron chi connectivity index (χ3n) is 2.51. The quantitative estimate of drug-likeness (QED) is 0.417. The van der Waals surface area contributed by atoms with Crippen LogP contribution < -0.4 is 10.6 Å². The maximum absolute atomic E-state index is 11.5. The van der Waals surface area contributed by atoms with Crippen LogP contribution in [0.3, 0.4) is 0 Å². The van der Waals surface area contributed by atoms with Gasteiger partial charge in [-0.15, -0.1) is 0 Å². The number of hydrogen-bond acceptors (Lipinski definition) is 5. The zero-order chi connectivity index (χ0) is 18.8. The summed E-state index contributed by atoms with van der Waals surface area (Å²) in [4.78, 5) is 25.8. The molecule has 0 heterocycles. The molecule has 9 heteroatoms. The molecule has 0 aromatic heterocycles. The van der Waals surface area contributed by atoms with Gasteiger partial charge in [0.2, 0.25) is 0 Å². The van der Waals surface area contributed by atoms with Crippen molar-refractivity contribution in [1.29, 1.82) is 0 Å². The van der Waals surface area contributed by atoms with Crippen LogP contribution in [0.2, 0.25) is 0 Å². The Morgan fingerprint density at radius 2 is 1.33 bits per heavy atom. The predicted molar refractivity (Wildman–Crippen MR) is 90.6 cm³/mol. The molecule has 0 bridgehead atoms. The van der Waals surface area contributed by atoms with Gasteiger partial charge in [-0.3, -0.25) is 0 Å². The van der Waals surface area contributed by atoms with E-state index in [-0.39, 0.29) is 6.04 Å². The maximum Gasteiger partial charge on any atom is 0.407 e. The summed E-state index contributed by atoms with van der Waals surface area (Å²) >= 11 is 0. The van der Waals surface area contributed by atoms with Crippen LogP contribution >= 0.6 is 0 Å². The lowest BCUT2D eigenvalue weighted by molar-refractivity contribution is 0.0519. The van der Waals surface area contributed by atoms with Gasteiger partial charge in [0.25, 0.3) is 0 Å². The Bertz CT molecular complexity index is 427. The van der Waals surface area contributed by atoms with Crippen molar-refractivity contribution < 1.29 is 19.1 Å². The summed E-state index contributed by atoms with van der Waals surface area (Å²) in [6, 6.07) is -0.347. The predicted octanol–water partition coefficient (Wildman–Crippen LogP) is 3.49. The van der Waals surface area contributed by atoms with Crippen molar-refractivity contribution in [2.24, 2.45) is 5.11 Å². The number of nitrogens with one attached hydrogen (secondary N) is 2. The molecule has 0 saturated heterocycles. The van der Waals surface area contributed by atoms with Crippen molar-refractivity contribution in [2.45, 2.75) is 71.6 Å². The van der Waals surface area contributed by atoms with E-state index >= 15 is 0 Å². The Balaban J connectivity index is 4.12. The van der Waals surface area contributed by atoms with Crippen LogP contribution in [0.25, 0.3) is 10.4 Å². The summed E-state index contributed by atoms with van der Waals surface area (Å²) in [5.41, 5.74) is 7.47. The SMILES string of the molecule is CC(C)(C)OC(=O)NCCC(CCNC(=O)OC(C)(C)C)N=[N+]=[N-]. The first-order valence-corrected chi connectivity index (χ1v) is 7.91. The molecule has 0 atom stereocenters. The molecule has 0 rings (SSSR count). The molecule has 0 unspecified atom stereocenters. The molecule has 2 N–H and O–H groups in total. The van der Waals surface area contributed by atoms with E-state index in [4.69, 9.17) is 15.0 Å². The van der Waals surface area contributed by atoms with Gasteiger partial charge >= 0.3 is 12.2 Å². The number of carbonyl (C=O) groups excluding carboxylic acids is 2. The number of azide groups is 1. The number of ether oxygens (including phenoxy) is 2. The van der Waals surface area contributed by atoms with Gasteiger partial charge in [0.1, 0.15) is 11.2 Å². The zero-order valence-electron chi connectivity index (χ0n) is 15.4. The van der Waals surface area contributed by atoms with E-state index in [2.05, 4.69) is 20.7 Å². The van der Waals surface area contributed by atoms with Gasteiger partial charge in [0, 0.05) is 24.0 Å². The second kappa shape index (κ2) is 9.87. The van der Waals surface area contributed by atoms with Crippen molar-refractivity contribution in [3.8, 4) is 0 Å². The minimum absolute atomic E-state index is 0.311. The van der Waals surface area contributed by atoms with Gasteiger partial charge in [-0.05, 0) is 59.9 Å². The lowest BCUT2D eigenvalue weighted by Crippen LogP contribution is -2.35. The van der Waals surface area contributed by atoms with Crippen LogP contribution in [-0.4, -0.2) is 42.5 Å². The highest BCUT2D eigenvalue weighted by atomic mass is 16.6. The van der Waals surface area contributed by atoms with Crippen LogP contribution in [0.15, 0.2) is 5.11 Å². The maximum atomic E-state index is 11.5. The molecular formula is C15H29N5O4. The van der Waals surface area contributed by atoms with Crippen molar-refractivity contribution in [3.05, 3.63) is 10.4 Å². The highest BCUT2D eigenvalue weighted by molar-refractivity contribution is 5.67. The standard InChI is InChI=1S/C15H29N5O4/c1-14(2,3)23-12(21)17-9-7-11(19-20-16)8-10-18-13(22)24-15(4,5)6/h11H,7-10H2,1-6H3,(H,17,21)(H,18,22). The second-order valence-electron chi connectivity index (χ2n) is 7.29. The summed E-state index contributed by atoms with van der Waals surface area (Å²) in [6.07, 6.45) is -0.151. The van der Waals surface area contributed by atoms with Gasteiger partial charge in [-0.25, -0.2) is 9.59 Å². The molecule has 9 nitrogen and oxygen atoms in total. The first kappa shape index (κ1) is 21.9. The molecule has 0 aromatic carbocycles. The molecule has 0 saturated carbocycles. The van der Waals surface area contributed by atoms with Gasteiger partial charge in [-0.2, -0.15) is 0 Å². The number of hydrogen-bond donors (Lipinski definition) is 2. The Hall–Kier alpha value is -2.15. The van der Waals surface area contributed by atoms with E-state index in [0.29, 0.717) is 25.9 Å². The minimum Gasteiger partial charge on any atom is -0.444 e. The summed E-state index contributed by atoms with van der Waals surface area (Å²) < 4.78 is 10.2. The molecule has 0 aliphatic heterocycles. The van der Waals surface area contributed by atoms with E-state index in [1.165, 1.54) is 0 Å². The summed E-state index contributed by atoms with van der Waals surface area (Å²) in [5, 5.41) is 8.87. The largest absolute Gasteiger partial charge is 0.444 e. The van der Waals surface area contributed by atoms with Crippen molar-refractivity contribution in [1.82, 2.24) is 10.6 Å². The first-order valence-electron chi connectivity index (χ1n) is 7.91. The van der Waals surface area contributed by atoms with Crippen molar-refractivity contribution >= 4 is 12.2 Å². The Morgan fingerprint density at radius 3 is 1.62 bits per heavy atom.